The van der Waals surface area contributed by atoms with Gasteiger partial charge in [-0.3, -0.25) is 9.59 Å². The van der Waals surface area contributed by atoms with Crippen molar-refractivity contribution >= 4 is 45.6 Å². The van der Waals surface area contributed by atoms with Crippen LogP contribution in [0, 0.1) is 0 Å². The summed E-state index contributed by atoms with van der Waals surface area (Å²) < 4.78 is 12.0. The van der Waals surface area contributed by atoms with Crippen molar-refractivity contribution in [1.29, 1.82) is 0 Å². The quantitative estimate of drug-likeness (QED) is 0.107. The molecule has 39 heavy (non-hydrogen) atoms. The minimum atomic E-state index is -0.496. The van der Waals surface area contributed by atoms with Crippen LogP contribution in [0.5, 0.6) is 11.5 Å². The molecule has 0 saturated carbocycles. The molecule has 4 aromatic carbocycles. The minimum Gasteiger partial charge on any atom is -0.490 e. The average molecular weight is 586 g/mol. The van der Waals surface area contributed by atoms with Gasteiger partial charge in [0.15, 0.2) is 11.5 Å². The highest BCUT2D eigenvalue weighted by Gasteiger charge is 2.13. The van der Waals surface area contributed by atoms with Crippen LogP contribution in [0.15, 0.2) is 107 Å². The predicted molar refractivity (Wildman–Crippen MR) is 153 cm³/mol. The Morgan fingerprint density at radius 1 is 0.795 bits per heavy atom. The van der Waals surface area contributed by atoms with Crippen molar-refractivity contribution in [3.63, 3.8) is 0 Å². The maximum absolute atomic E-state index is 12.5. The first kappa shape index (κ1) is 27.3. The average Bonchev–Trinajstić information content (AvgIpc) is 2.95. The second kappa shape index (κ2) is 13.2. The first-order valence-electron chi connectivity index (χ1n) is 12.0. The number of amides is 2. The van der Waals surface area contributed by atoms with E-state index in [1.165, 1.54) is 6.21 Å². The van der Waals surface area contributed by atoms with E-state index in [4.69, 9.17) is 9.47 Å². The molecule has 4 aromatic rings. The summed E-state index contributed by atoms with van der Waals surface area (Å²) in [4.78, 5) is 37.3. The van der Waals surface area contributed by atoms with Crippen LogP contribution in [0.3, 0.4) is 0 Å². The van der Waals surface area contributed by atoms with Crippen molar-refractivity contribution in [2.75, 3.05) is 11.9 Å². The lowest BCUT2D eigenvalue weighted by Gasteiger charge is -2.11. The summed E-state index contributed by atoms with van der Waals surface area (Å²) in [5.74, 6) is -0.520. The largest absolute Gasteiger partial charge is 0.490 e. The summed E-state index contributed by atoms with van der Waals surface area (Å²) in [5, 5.41) is 6.80. The van der Waals surface area contributed by atoms with Gasteiger partial charge in [0.2, 0.25) is 0 Å². The number of hydrazone groups is 1. The maximum atomic E-state index is 12.5. The van der Waals surface area contributed by atoms with E-state index in [0.29, 0.717) is 40.3 Å². The number of carbonyl (C=O) groups excluding carboxylic acids is 3. The fraction of sp³-hybridized carbons (Fsp3) is 0.0667. The fourth-order valence-electron chi connectivity index (χ4n) is 3.43. The molecule has 0 spiro atoms. The van der Waals surface area contributed by atoms with E-state index in [-0.39, 0.29) is 11.7 Å². The molecule has 196 valence electrons. The van der Waals surface area contributed by atoms with Gasteiger partial charge in [-0.15, -0.1) is 0 Å². The number of benzene rings is 4. The van der Waals surface area contributed by atoms with Crippen LogP contribution in [0.4, 0.5) is 5.69 Å². The fourth-order valence-corrected chi connectivity index (χ4v) is 3.69. The third-order valence-corrected chi connectivity index (χ3v) is 5.90. The molecule has 8 nitrogen and oxygen atoms in total. The van der Waals surface area contributed by atoms with Crippen molar-refractivity contribution in [3.05, 3.63) is 124 Å². The number of esters is 1. The number of hydrogen-bond donors (Lipinski definition) is 2. The number of rotatable bonds is 9. The summed E-state index contributed by atoms with van der Waals surface area (Å²) in [6, 6.07) is 27.1. The molecule has 9 heteroatoms. The van der Waals surface area contributed by atoms with Gasteiger partial charge >= 0.3 is 5.97 Å². The smallest absolute Gasteiger partial charge is 0.343 e. The van der Waals surface area contributed by atoms with Gasteiger partial charge in [0.25, 0.3) is 11.8 Å². The molecule has 0 saturated heterocycles. The van der Waals surface area contributed by atoms with Crippen molar-refractivity contribution < 1.29 is 23.9 Å². The summed E-state index contributed by atoms with van der Waals surface area (Å²) in [5.41, 5.74) is 4.96. The van der Waals surface area contributed by atoms with Gasteiger partial charge in [-0.2, -0.15) is 5.10 Å². The van der Waals surface area contributed by atoms with Gasteiger partial charge in [0.05, 0.1) is 18.4 Å². The number of ether oxygens (including phenoxy) is 2. The SMILES string of the molecule is CCOc1cc(/C=N\NC(=O)c2ccc(NC(=O)c3ccc(Br)cc3)cc2)ccc1OC(=O)c1ccccc1. The van der Waals surface area contributed by atoms with Gasteiger partial charge < -0.3 is 14.8 Å². The molecule has 2 amide bonds. The molecule has 0 aliphatic carbocycles. The number of nitrogens with zero attached hydrogens (tertiary/aromatic N) is 1. The number of nitrogens with one attached hydrogen (secondary N) is 2. The Hall–Kier alpha value is -4.76. The van der Waals surface area contributed by atoms with Crippen LogP contribution < -0.4 is 20.2 Å². The number of anilines is 1. The highest BCUT2D eigenvalue weighted by atomic mass is 79.9. The molecular formula is C30H24BrN3O5. The Morgan fingerprint density at radius 2 is 1.46 bits per heavy atom. The third kappa shape index (κ3) is 7.62. The molecule has 0 heterocycles. The molecule has 0 aliphatic rings. The van der Waals surface area contributed by atoms with Crippen LogP contribution in [-0.4, -0.2) is 30.6 Å². The highest BCUT2D eigenvalue weighted by Crippen LogP contribution is 2.29. The zero-order chi connectivity index (χ0) is 27.6. The maximum Gasteiger partial charge on any atom is 0.343 e. The lowest BCUT2D eigenvalue weighted by Crippen LogP contribution is -2.18. The molecule has 0 bridgehead atoms. The summed E-state index contributed by atoms with van der Waals surface area (Å²) in [7, 11) is 0. The second-order valence-corrected chi connectivity index (χ2v) is 9.05. The minimum absolute atomic E-state index is 0.253. The zero-order valence-electron chi connectivity index (χ0n) is 20.9. The van der Waals surface area contributed by atoms with Crippen LogP contribution >= 0.6 is 15.9 Å². The lowest BCUT2D eigenvalue weighted by molar-refractivity contribution is 0.0728. The number of hydrogen-bond acceptors (Lipinski definition) is 6. The monoisotopic (exact) mass is 585 g/mol. The van der Waals surface area contributed by atoms with E-state index in [1.807, 2.05) is 13.0 Å². The van der Waals surface area contributed by atoms with Crippen LogP contribution in [-0.2, 0) is 0 Å². The molecule has 4 rings (SSSR count). The van der Waals surface area contributed by atoms with Gasteiger partial charge in [-0.25, -0.2) is 10.2 Å². The first-order chi connectivity index (χ1) is 18.9. The van der Waals surface area contributed by atoms with Crippen LogP contribution in [0.1, 0.15) is 43.6 Å². The third-order valence-electron chi connectivity index (χ3n) is 5.37. The van der Waals surface area contributed by atoms with Crippen molar-refractivity contribution in [2.45, 2.75) is 6.92 Å². The van der Waals surface area contributed by atoms with Gasteiger partial charge in [-0.1, -0.05) is 34.1 Å². The highest BCUT2D eigenvalue weighted by molar-refractivity contribution is 9.10. The summed E-state index contributed by atoms with van der Waals surface area (Å²) in [6.45, 7) is 2.19. The van der Waals surface area contributed by atoms with E-state index in [1.54, 1.807) is 91.0 Å². The van der Waals surface area contributed by atoms with Gasteiger partial charge in [0, 0.05) is 21.3 Å². The number of halogens is 1. The predicted octanol–water partition coefficient (Wildman–Crippen LogP) is 6.08. The molecular weight excluding hydrogens is 562 g/mol. The van der Waals surface area contributed by atoms with Gasteiger partial charge in [0.1, 0.15) is 0 Å². The van der Waals surface area contributed by atoms with Crippen LogP contribution in [0.2, 0.25) is 0 Å². The molecule has 0 atom stereocenters. The summed E-state index contributed by atoms with van der Waals surface area (Å²) in [6.07, 6.45) is 1.45. The summed E-state index contributed by atoms with van der Waals surface area (Å²) >= 11 is 3.34. The molecule has 0 aromatic heterocycles. The van der Waals surface area contributed by atoms with E-state index < -0.39 is 11.9 Å². The van der Waals surface area contributed by atoms with Crippen molar-refractivity contribution in [3.8, 4) is 11.5 Å². The second-order valence-electron chi connectivity index (χ2n) is 8.13. The Bertz CT molecular complexity index is 1490. The molecule has 0 aliphatic heterocycles. The standard InChI is InChI=1S/C30H24BrN3O5/c1-2-38-27-18-20(8-17-26(27)39-30(37)23-6-4-3-5-7-23)19-32-34-29(36)22-11-15-25(16-12-22)33-28(35)21-9-13-24(31)14-10-21/h3-19H,2H2,1H3,(H,33,35)(H,34,36)/b32-19-. The lowest BCUT2D eigenvalue weighted by atomic mass is 10.1. The van der Waals surface area contributed by atoms with E-state index in [9.17, 15) is 14.4 Å². The Morgan fingerprint density at radius 3 is 2.15 bits per heavy atom. The molecule has 0 radical (unpaired) electrons. The Kier molecular flexibility index (Phi) is 9.20. The molecule has 2 N–H and O–H groups in total. The zero-order valence-corrected chi connectivity index (χ0v) is 22.5. The molecule has 0 fully saturated rings. The van der Waals surface area contributed by atoms with E-state index >= 15 is 0 Å². The normalized spacial score (nSPS) is 10.6. The Labute approximate surface area is 233 Å². The van der Waals surface area contributed by atoms with E-state index in [2.05, 4.69) is 31.8 Å². The van der Waals surface area contributed by atoms with Crippen LogP contribution in [0.25, 0.3) is 0 Å². The van der Waals surface area contributed by atoms with Gasteiger partial charge in [-0.05, 0) is 91.3 Å². The van der Waals surface area contributed by atoms with E-state index in [0.717, 1.165) is 4.47 Å². The topological polar surface area (TPSA) is 106 Å². The number of carbonyl (C=O) groups is 3. The van der Waals surface area contributed by atoms with Crippen molar-refractivity contribution in [1.82, 2.24) is 5.43 Å². The Balaban J connectivity index is 1.35. The molecule has 0 unspecified atom stereocenters. The first-order valence-corrected chi connectivity index (χ1v) is 12.8. The van der Waals surface area contributed by atoms with Crippen molar-refractivity contribution in [2.24, 2.45) is 5.10 Å².